The molecule has 1 amide bonds. The first-order valence-corrected chi connectivity index (χ1v) is 6.43. The fraction of sp³-hybridized carbons (Fsp3) is 0.182. The van der Waals surface area contributed by atoms with E-state index in [4.69, 9.17) is 4.74 Å². The van der Waals surface area contributed by atoms with Crippen molar-refractivity contribution >= 4 is 44.4 Å². The van der Waals surface area contributed by atoms with Crippen LogP contribution in [-0.2, 0) is 4.79 Å². The molecule has 0 radical (unpaired) electrons. The molecule has 0 unspecified atom stereocenters. The summed E-state index contributed by atoms with van der Waals surface area (Å²) in [7, 11) is 0. The van der Waals surface area contributed by atoms with Crippen molar-refractivity contribution in [3.05, 3.63) is 38.9 Å². The van der Waals surface area contributed by atoms with Gasteiger partial charge in [-0.2, -0.15) is 0 Å². The zero-order valence-corrected chi connectivity index (χ0v) is 12.2. The first-order chi connectivity index (χ1) is 7.58. The maximum absolute atomic E-state index is 11.3. The maximum Gasteiger partial charge on any atom is 0.258 e. The van der Waals surface area contributed by atoms with Gasteiger partial charge >= 0.3 is 0 Å². The third-order valence-corrected chi connectivity index (χ3v) is 2.66. The summed E-state index contributed by atoms with van der Waals surface area (Å²) in [5.41, 5.74) is 0. The summed E-state index contributed by atoms with van der Waals surface area (Å²) in [5.74, 6) is 0.521. The summed E-state index contributed by atoms with van der Waals surface area (Å²) in [5, 5.41) is 2.65. The van der Waals surface area contributed by atoms with Crippen molar-refractivity contribution < 1.29 is 9.53 Å². The molecule has 0 spiro atoms. The van der Waals surface area contributed by atoms with E-state index in [0.717, 1.165) is 8.05 Å². The SMILES string of the molecule is C=C(Br)CNC(=O)COc1ccc(I)cc1. The molecule has 0 fully saturated rings. The minimum absolute atomic E-state index is 0.0148. The quantitative estimate of drug-likeness (QED) is 0.778. The van der Waals surface area contributed by atoms with Gasteiger partial charge in [0.15, 0.2) is 6.61 Å². The molecular weight excluding hydrogens is 385 g/mol. The molecule has 0 aliphatic heterocycles. The van der Waals surface area contributed by atoms with E-state index < -0.39 is 0 Å². The van der Waals surface area contributed by atoms with Gasteiger partial charge < -0.3 is 10.1 Å². The number of benzene rings is 1. The van der Waals surface area contributed by atoms with Gasteiger partial charge in [-0.05, 0) is 46.9 Å². The number of rotatable bonds is 5. The van der Waals surface area contributed by atoms with E-state index in [1.54, 1.807) is 0 Å². The van der Waals surface area contributed by atoms with Gasteiger partial charge in [0.2, 0.25) is 0 Å². The topological polar surface area (TPSA) is 38.3 Å². The van der Waals surface area contributed by atoms with Gasteiger partial charge in [0.1, 0.15) is 5.75 Å². The average Bonchev–Trinajstić information content (AvgIpc) is 2.25. The first kappa shape index (κ1) is 13.5. The fourth-order valence-electron chi connectivity index (χ4n) is 0.925. The minimum atomic E-state index is -0.167. The van der Waals surface area contributed by atoms with Crippen LogP contribution in [0.3, 0.4) is 0 Å². The Labute approximate surface area is 117 Å². The van der Waals surface area contributed by atoms with E-state index in [-0.39, 0.29) is 12.5 Å². The summed E-state index contributed by atoms with van der Waals surface area (Å²) < 4.78 is 7.16. The van der Waals surface area contributed by atoms with Crippen LogP contribution in [0.25, 0.3) is 0 Å². The molecule has 1 aromatic carbocycles. The van der Waals surface area contributed by atoms with E-state index >= 15 is 0 Å². The van der Waals surface area contributed by atoms with Gasteiger partial charge in [-0.15, -0.1) is 0 Å². The van der Waals surface area contributed by atoms with Gasteiger partial charge in [0.05, 0.1) is 0 Å². The number of nitrogens with one attached hydrogen (secondary N) is 1. The monoisotopic (exact) mass is 395 g/mol. The average molecular weight is 396 g/mol. The van der Waals surface area contributed by atoms with E-state index in [1.165, 1.54) is 0 Å². The van der Waals surface area contributed by atoms with Crippen molar-refractivity contribution in [1.29, 1.82) is 0 Å². The molecule has 0 aromatic heterocycles. The maximum atomic E-state index is 11.3. The van der Waals surface area contributed by atoms with Crippen LogP contribution >= 0.6 is 38.5 Å². The van der Waals surface area contributed by atoms with Gasteiger partial charge in [-0.1, -0.05) is 22.5 Å². The molecule has 0 aliphatic rings. The Morgan fingerprint density at radius 3 is 2.62 bits per heavy atom. The minimum Gasteiger partial charge on any atom is -0.484 e. The molecule has 0 saturated heterocycles. The Bertz CT molecular complexity index is 378. The van der Waals surface area contributed by atoms with Gasteiger partial charge in [-0.3, -0.25) is 4.79 Å². The number of amides is 1. The molecule has 86 valence electrons. The number of halogens is 2. The molecule has 5 heteroatoms. The predicted molar refractivity (Wildman–Crippen MR) is 75.7 cm³/mol. The Kier molecular flexibility index (Phi) is 5.83. The summed E-state index contributed by atoms with van der Waals surface area (Å²) in [6, 6.07) is 7.51. The van der Waals surface area contributed by atoms with Crippen molar-refractivity contribution in [2.75, 3.05) is 13.2 Å². The Morgan fingerprint density at radius 2 is 2.06 bits per heavy atom. The van der Waals surface area contributed by atoms with Crippen LogP contribution < -0.4 is 10.1 Å². The predicted octanol–water partition coefficient (Wildman–Crippen LogP) is 2.69. The van der Waals surface area contributed by atoms with E-state index in [9.17, 15) is 4.79 Å². The van der Waals surface area contributed by atoms with Crippen molar-refractivity contribution in [2.45, 2.75) is 0 Å². The summed E-state index contributed by atoms with van der Waals surface area (Å²) in [6.45, 7) is 4.04. The molecule has 0 bridgehead atoms. The molecule has 1 rings (SSSR count). The van der Waals surface area contributed by atoms with Crippen LogP contribution in [0.2, 0.25) is 0 Å². The highest BCUT2D eigenvalue weighted by Crippen LogP contribution is 2.13. The lowest BCUT2D eigenvalue weighted by atomic mass is 10.3. The highest BCUT2D eigenvalue weighted by atomic mass is 127. The smallest absolute Gasteiger partial charge is 0.258 e. The molecule has 0 saturated carbocycles. The van der Waals surface area contributed by atoms with Gasteiger partial charge in [0, 0.05) is 14.6 Å². The lowest BCUT2D eigenvalue weighted by Crippen LogP contribution is -2.29. The molecule has 1 aromatic rings. The van der Waals surface area contributed by atoms with E-state index in [1.807, 2.05) is 24.3 Å². The first-order valence-electron chi connectivity index (χ1n) is 4.56. The zero-order valence-electron chi connectivity index (χ0n) is 8.50. The number of hydrogen-bond acceptors (Lipinski definition) is 2. The Morgan fingerprint density at radius 1 is 1.44 bits per heavy atom. The molecule has 3 nitrogen and oxygen atoms in total. The van der Waals surface area contributed by atoms with E-state index in [0.29, 0.717) is 12.3 Å². The van der Waals surface area contributed by atoms with E-state index in [2.05, 4.69) is 50.4 Å². The molecular formula is C11H11BrINO2. The third kappa shape index (κ3) is 5.50. The van der Waals surface area contributed by atoms with Crippen molar-refractivity contribution in [3.63, 3.8) is 0 Å². The second-order valence-corrected chi connectivity index (χ2v) is 5.40. The summed E-state index contributed by atoms with van der Waals surface area (Å²) >= 11 is 5.37. The lowest BCUT2D eigenvalue weighted by molar-refractivity contribution is -0.122. The van der Waals surface area contributed by atoms with Crippen LogP contribution in [0.5, 0.6) is 5.75 Å². The molecule has 16 heavy (non-hydrogen) atoms. The van der Waals surface area contributed by atoms with Gasteiger partial charge in [0.25, 0.3) is 5.91 Å². The highest BCUT2D eigenvalue weighted by molar-refractivity contribution is 14.1. The largest absolute Gasteiger partial charge is 0.484 e. The highest BCUT2D eigenvalue weighted by Gasteiger charge is 2.02. The molecule has 0 heterocycles. The Balaban J connectivity index is 2.31. The number of hydrogen-bond donors (Lipinski definition) is 1. The molecule has 0 atom stereocenters. The zero-order chi connectivity index (χ0) is 12.0. The van der Waals surface area contributed by atoms with Crippen molar-refractivity contribution in [1.82, 2.24) is 5.32 Å². The Hall–Kier alpha value is -0.560. The van der Waals surface area contributed by atoms with Gasteiger partial charge in [-0.25, -0.2) is 0 Å². The summed E-state index contributed by atoms with van der Waals surface area (Å²) in [4.78, 5) is 11.3. The lowest BCUT2D eigenvalue weighted by Gasteiger charge is -2.06. The van der Waals surface area contributed by atoms with Crippen LogP contribution in [0.1, 0.15) is 0 Å². The number of carbonyl (C=O) groups is 1. The normalized spacial score (nSPS) is 9.62. The van der Waals surface area contributed by atoms with Crippen LogP contribution in [-0.4, -0.2) is 19.1 Å². The molecule has 1 N–H and O–H groups in total. The fourth-order valence-corrected chi connectivity index (χ4v) is 1.42. The third-order valence-electron chi connectivity index (χ3n) is 1.66. The van der Waals surface area contributed by atoms with Crippen molar-refractivity contribution in [3.8, 4) is 5.75 Å². The second kappa shape index (κ2) is 6.90. The second-order valence-electron chi connectivity index (χ2n) is 3.04. The van der Waals surface area contributed by atoms with Crippen molar-refractivity contribution in [2.24, 2.45) is 0 Å². The summed E-state index contributed by atoms with van der Waals surface area (Å²) in [6.07, 6.45) is 0. The van der Waals surface area contributed by atoms with Crippen LogP contribution in [0, 0.1) is 3.57 Å². The standard InChI is InChI=1S/C11H11BrINO2/c1-8(12)6-14-11(15)7-16-10-4-2-9(13)3-5-10/h2-5H,1,6-7H2,(H,14,15). The van der Waals surface area contributed by atoms with Crippen LogP contribution in [0.4, 0.5) is 0 Å². The van der Waals surface area contributed by atoms with Crippen LogP contribution in [0.15, 0.2) is 35.3 Å². The number of carbonyl (C=O) groups excluding carboxylic acids is 1. The molecule has 0 aliphatic carbocycles. The number of ether oxygens (including phenoxy) is 1.